The van der Waals surface area contributed by atoms with Gasteiger partial charge in [0.05, 0.1) is 11.4 Å². The number of hydrogen-bond acceptors (Lipinski definition) is 5. The summed E-state index contributed by atoms with van der Waals surface area (Å²) in [6.45, 7) is 8.91. The van der Waals surface area contributed by atoms with Crippen molar-refractivity contribution in [2.75, 3.05) is 17.0 Å². The van der Waals surface area contributed by atoms with Crippen molar-refractivity contribution in [1.82, 2.24) is 10.3 Å². The molecule has 5 nitrogen and oxygen atoms in total. The van der Waals surface area contributed by atoms with Crippen LogP contribution in [0.3, 0.4) is 0 Å². The number of hydrogen-bond donors (Lipinski definition) is 2. The van der Waals surface area contributed by atoms with Crippen LogP contribution in [-0.4, -0.2) is 25.7 Å². The van der Waals surface area contributed by atoms with E-state index in [1.807, 2.05) is 33.1 Å². The molecule has 0 saturated carbocycles. The molecule has 7 heteroatoms. The van der Waals surface area contributed by atoms with Gasteiger partial charge in [-0.15, -0.1) is 11.3 Å². The summed E-state index contributed by atoms with van der Waals surface area (Å²) in [6.07, 6.45) is 0.654. The minimum Gasteiger partial charge on any atom is -0.309 e. The van der Waals surface area contributed by atoms with E-state index in [9.17, 15) is 8.42 Å². The SMILES string of the molecule is CCNC(C)c1csc(NS(=O)(=O)CCC(C)C)n1. The molecular formula is C12H23N3O2S2. The van der Waals surface area contributed by atoms with Crippen LogP contribution in [-0.2, 0) is 10.0 Å². The molecule has 1 aromatic heterocycles. The first-order chi connectivity index (χ1) is 8.84. The third-order valence-electron chi connectivity index (χ3n) is 2.68. The fourth-order valence-corrected chi connectivity index (χ4v) is 3.93. The van der Waals surface area contributed by atoms with Gasteiger partial charge in [-0.2, -0.15) is 0 Å². The maximum atomic E-state index is 11.8. The average molecular weight is 305 g/mol. The van der Waals surface area contributed by atoms with Gasteiger partial charge in [0.25, 0.3) is 0 Å². The molecule has 0 spiro atoms. The zero-order chi connectivity index (χ0) is 14.5. The first-order valence-electron chi connectivity index (χ1n) is 6.53. The van der Waals surface area contributed by atoms with Crippen LogP contribution in [0.1, 0.15) is 45.9 Å². The lowest BCUT2D eigenvalue weighted by Crippen LogP contribution is -2.19. The Morgan fingerprint density at radius 2 is 2.05 bits per heavy atom. The van der Waals surface area contributed by atoms with Gasteiger partial charge in [0, 0.05) is 11.4 Å². The molecule has 110 valence electrons. The molecule has 1 aromatic rings. The number of anilines is 1. The van der Waals surface area contributed by atoms with Gasteiger partial charge in [0.1, 0.15) is 0 Å². The zero-order valence-electron chi connectivity index (χ0n) is 11.9. The molecule has 19 heavy (non-hydrogen) atoms. The molecule has 1 atom stereocenters. The van der Waals surface area contributed by atoms with Crippen molar-refractivity contribution in [1.29, 1.82) is 0 Å². The largest absolute Gasteiger partial charge is 0.309 e. The Balaban J connectivity index is 2.62. The molecule has 1 unspecified atom stereocenters. The van der Waals surface area contributed by atoms with Gasteiger partial charge in [-0.3, -0.25) is 4.72 Å². The van der Waals surface area contributed by atoms with Crippen molar-refractivity contribution in [3.63, 3.8) is 0 Å². The predicted octanol–water partition coefficient (Wildman–Crippen LogP) is 2.60. The maximum Gasteiger partial charge on any atom is 0.234 e. The Morgan fingerprint density at radius 3 is 2.63 bits per heavy atom. The molecule has 0 bridgehead atoms. The van der Waals surface area contributed by atoms with E-state index in [0.29, 0.717) is 17.5 Å². The number of sulfonamides is 1. The summed E-state index contributed by atoms with van der Waals surface area (Å²) in [6, 6.07) is 0.134. The highest BCUT2D eigenvalue weighted by molar-refractivity contribution is 7.92. The molecule has 0 amide bonds. The van der Waals surface area contributed by atoms with Crippen molar-refractivity contribution < 1.29 is 8.42 Å². The van der Waals surface area contributed by atoms with Gasteiger partial charge in [0.2, 0.25) is 10.0 Å². The van der Waals surface area contributed by atoms with E-state index < -0.39 is 10.0 Å². The van der Waals surface area contributed by atoms with Crippen LogP contribution in [0.5, 0.6) is 0 Å². The Kier molecular flexibility index (Phi) is 6.22. The van der Waals surface area contributed by atoms with Gasteiger partial charge in [-0.05, 0) is 25.8 Å². The minimum absolute atomic E-state index is 0.134. The summed E-state index contributed by atoms with van der Waals surface area (Å²) in [5, 5.41) is 5.58. The van der Waals surface area contributed by atoms with Crippen LogP contribution in [0.15, 0.2) is 5.38 Å². The second kappa shape index (κ2) is 7.21. The molecule has 0 radical (unpaired) electrons. The highest BCUT2D eigenvalue weighted by Crippen LogP contribution is 2.21. The Bertz CT molecular complexity index is 483. The second-order valence-electron chi connectivity index (χ2n) is 4.96. The number of aromatic nitrogens is 1. The van der Waals surface area contributed by atoms with E-state index in [4.69, 9.17) is 0 Å². The lowest BCUT2D eigenvalue weighted by molar-refractivity contribution is 0.577. The lowest BCUT2D eigenvalue weighted by Gasteiger charge is -2.09. The Labute approximate surface area is 119 Å². The Hall–Kier alpha value is -0.660. The fraction of sp³-hybridized carbons (Fsp3) is 0.750. The third kappa shape index (κ3) is 5.88. The van der Waals surface area contributed by atoms with Crippen molar-refractivity contribution in [2.45, 2.75) is 40.2 Å². The highest BCUT2D eigenvalue weighted by Gasteiger charge is 2.15. The minimum atomic E-state index is -3.28. The molecule has 0 aromatic carbocycles. The molecule has 0 aliphatic carbocycles. The molecule has 0 aliphatic heterocycles. The molecular weight excluding hydrogens is 282 g/mol. The van der Waals surface area contributed by atoms with Crippen LogP contribution < -0.4 is 10.0 Å². The van der Waals surface area contributed by atoms with E-state index in [-0.39, 0.29) is 11.8 Å². The first-order valence-corrected chi connectivity index (χ1v) is 9.06. The zero-order valence-corrected chi connectivity index (χ0v) is 13.6. The molecule has 0 saturated heterocycles. The summed E-state index contributed by atoms with van der Waals surface area (Å²) in [5.41, 5.74) is 0.869. The van der Waals surface area contributed by atoms with Crippen LogP contribution in [0.25, 0.3) is 0 Å². The molecule has 0 fully saturated rings. The average Bonchev–Trinajstić information content (AvgIpc) is 2.75. The standard InChI is InChI=1S/C12H23N3O2S2/c1-5-13-10(4)11-8-18-12(14-11)15-19(16,17)7-6-9(2)3/h8-10,13H,5-7H2,1-4H3,(H,14,15). The third-order valence-corrected chi connectivity index (χ3v) is 4.87. The molecule has 1 heterocycles. The van der Waals surface area contributed by atoms with Gasteiger partial charge >= 0.3 is 0 Å². The van der Waals surface area contributed by atoms with E-state index in [0.717, 1.165) is 12.2 Å². The van der Waals surface area contributed by atoms with Crippen LogP contribution in [0.2, 0.25) is 0 Å². The smallest absolute Gasteiger partial charge is 0.234 e. The van der Waals surface area contributed by atoms with Crippen molar-refractivity contribution >= 4 is 26.5 Å². The van der Waals surface area contributed by atoms with Crippen molar-refractivity contribution in [3.8, 4) is 0 Å². The van der Waals surface area contributed by atoms with Gasteiger partial charge < -0.3 is 5.32 Å². The number of thiazole rings is 1. The number of rotatable bonds is 8. The quantitative estimate of drug-likeness (QED) is 0.774. The second-order valence-corrected chi connectivity index (χ2v) is 7.66. The highest BCUT2D eigenvalue weighted by atomic mass is 32.2. The number of nitrogens with zero attached hydrogens (tertiary/aromatic N) is 1. The van der Waals surface area contributed by atoms with Gasteiger partial charge in [-0.25, -0.2) is 13.4 Å². The predicted molar refractivity (Wildman–Crippen MR) is 81.1 cm³/mol. The summed E-state index contributed by atoms with van der Waals surface area (Å²) in [5.74, 6) is 0.514. The van der Waals surface area contributed by atoms with Crippen molar-refractivity contribution in [3.05, 3.63) is 11.1 Å². The lowest BCUT2D eigenvalue weighted by atomic mass is 10.2. The van der Waals surface area contributed by atoms with Gasteiger partial charge in [0.15, 0.2) is 5.13 Å². The summed E-state index contributed by atoms with van der Waals surface area (Å²) in [7, 11) is -3.28. The first kappa shape index (κ1) is 16.4. The van der Waals surface area contributed by atoms with E-state index in [1.165, 1.54) is 11.3 Å². The van der Waals surface area contributed by atoms with Crippen LogP contribution in [0.4, 0.5) is 5.13 Å². The van der Waals surface area contributed by atoms with E-state index >= 15 is 0 Å². The normalized spacial score (nSPS) is 13.7. The molecule has 1 rings (SSSR count). The van der Waals surface area contributed by atoms with Gasteiger partial charge in [-0.1, -0.05) is 20.8 Å². The van der Waals surface area contributed by atoms with E-state index in [1.54, 1.807) is 0 Å². The molecule has 0 aliphatic rings. The van der Waals surface area contributed by atoms with Crippen molar-refractivity contribution in [2.24, 2.45) is 5.92 Å². The maximum absolute atomic E-state index is 11.8. The summed E-state index contributed by atoms with van der Waals surface area (Å²) < 4.78 is 26.2. The van der Waals surface area contributed by atoms with Crippen LogP contribution in [0, 0.1) is 5.92 Å². The summed E-state index contributed by atoms with van der Waals surface area (Å²) >= 11 is 1.32. The van der Waals surface area contributed by atoms with E-state index in [2.05, 4.69) is 15.0 Å². The monoisotopic (exact) mass is 305 g/mol. The number of nitrogens with one attached hydrogen (secondary N) is 2. The topological polar surface area (TPSA) is 71.1 Å². The Morgan fingerprint density at radius 1 is 1.37 bits per heavy atom. The van der Waals surface area contributed by atoms with Crippen LogP contribution >= 0.6 is 11.3 Å². The fourth-order valence-electron chi connectivity index (χ4n) is 1.52. The summed E-state index contributed by atoms with van der Waals surface area (Å²) in [4.78, 5) is 4.31. The molecule has 2 N–H and O–H groups in total.